The number of hydrogen-bond acceptors (Lipinski definition) is 2. The second kappa shape index (κ2) is 4.09. The summed E-state index contributed by atoms with van der Waals surface area (Å²) in [6, 6.07) is 0. The number of hydrogen-bond donors (Lipinski definition) is 2. The molecule has 0 aromatic heterocycles. The summed E-state index contributed by atoms with van der Waals surface area (Å²) in [5, 5.41) is 17.3. The van der Waals surface area contributed by atoms with E-state index >= 15 is 0 Å². The first-order valence-electron chi connectivity index (χ1n) is 3.83. The quantitative estimate of drug-likeness (QED) is 0.668. The summed E-state index contributed by atoms with van der Waals surface area (Å²) >= 11 is 0. The van der Waals surface area contributed by atoms with Crippen molar-refractivity contribution in [3.63, 3.8) is 0 Å². The minimum Gasteiger partial charge on any atom is -0.481 e. The van der Waals surface area contributed by atoms with Crippen LogP contribution in [0.25, 0.3) is 0 Å². The molecule has 0 unspecified atom stereocenters. The van der Waals surface area contributed by atoms with Gasteiger partial charge in [-0.25, -0.2) is 0 Å². The molecule has 0 saturated heterocycles. The normalized spacial score (nSPS) is 15.7. The highest BCUT2D eigenvalue weighted by molar-refractivity contribution is 5.79. The third-order valence-corrected chi connectivity index (χ3v) is 1.93. The van der Waals surface area contributed by atoms with Crippen LogP contribution in [0.3, 0.4) is 0 Å². The fourth-order valence-electron chi connectivity index (χ4n) is 1.23. The van der Waals surface area contributed by atoms with Crippen molar-refractivity contribution in [1.29, 1.82) is 0 Å². The van der Waals surface area contributed by atoms with Crippen molar-refractivity contribution in [2.24, 2.45) is 17.8 Å². The van der Waals surface area contributed by atoms with E-state index in [1.54, 1.807) is 13.8 Å². The van der Waals surface area contributed by atoms with Crippen LogP contribution in [0, 0.1) is 17.8 Å². The Bertz CT molecular complexity index is 185. The lowest BCUT2D eigenvalue weighted by Gasteiger charge is -2.19. The SMILES string of the molecule is CC(C)[C@@H](C(=O)O)[C@H](C)C(=O)O. The Labute approximate surface area is 71.2 Å². The number of rotatable bonds is 4. The second-order valence-electron chi connectivity index (χ2n) is 3.23. The molecule has 12 heavy (non-hydrogen) atoms. The van der Waals surface area contributed by atoms with Crippen LogP contribution < -0.4 is 0 Å². The summed E-state index contributed by atoms with van der Waals surface area (Å²) in [5.74, 6) is -3.89. The number of carboxylic acid groups (broad SMARTS) is 2. The molecule has 2 atom stereocenters. The van der Waals surface area contributed by atoms with E-state index in [0.29, 0.717) is 0 Å². The molecule has 2 N–H and O–H groups in total. The maximum atomic E-state index is 10.6. The second-order valence-corrected chi connectivity index (χ2v) is 3.23. The van der Waals surface area contributed by atoms with Crippen molar-refractivity contribution in [2.75, 3.05) is 0 Å². The molecule has 0 saturated carbocycles. The highest BCUT2D eigenvalue weighted by Crippen LogP contribution is 2.21. The monoisotopic (exact) mass is 174 g/mol. The number of aliphatic carboxylic acids is 2. The molecule has 0 heterocycles. The molecule has 0 rings (SSSR count). The minimum atomic E-state index is -1.06. The zero-order valence-corrected chi connectivity index (χ0v) is 7.44. The van der Waals surface area contributed by atoms with Crippen LogP contribution in [0.1, 0.15) is 20.8 Å². The van der Waals surface area contributed by atoms with E-state index in [2.05, 4.69) is 0 Å². The summed E-state index contributed by atoms with van der Waals surface area (Å²) < 4.78 is 0. The van der Waals surface area contributed by atoms with Crippen LogP contribution in [0.2, 0.25) is 0 Å². The topological polar surface area (TPSA) is 74.6 Å². The molecule has 0 aliphatic heterocycles. The smallest absolute Gasteiger partial charge is 0.307 e. The van der Waals surface area contributed by atoms with Gasteiger partial charge in [-0.05, 0) is 5.92 Å². The van der Waals surface area contributed by atoms with E-state index in [1.807, 2.05) is 0 Å². The zero-order valence-electron chi connectivity index (χ0n) is 7.44. The fraction of sp³-hybridized carbons (Fsp3) is 0.750. The molecule has 4 nitrogen and oxygen atoms in total. The summed E-state index contributed by atoms with van der Waals surface area (Å²) in [4.78, 5) is 21.1. The van der Waals surface area contributed by atoms with Crippen LogP contribution in [0.5, 0.6) is 0 Å². The van der Waals surface area contributed by atoms with E-state index in [1.165, 1.54) is 6.92 Å². The summed E-state index contributed by atoms with van der Waals surface area (Å²) in [6.45, 7) is 4.83. The molecule has 0 amide bonds. The molecule has 0 radical (unpaired) electrons. The lowest BCUT2D eigenvalue weighted by molar-refractivity contribution is -0.154. The summed E-state index contributed by atoms with van der Waals surface area (Å²) in [5.41, 5.74) is 0. The average Bonchev–Trinajstić information content (AvgIpc) is 1.85. The van der Waals surface area contributed by atoms with Gasteiger partial charge in [0.15, 0.2) is 0 Å². The molecule has 0 aromatic rings. The number of carbonyl (C=O) groups is 2. The number of carboxylic acids is 2. The summed E-state index contributed by atoms with van der Waals surface area (Å²) in [6.07, 6.45) is 0. The van der Waals surface area contributed by atoms with Crippen LogP contribution >= 0.6 is 0 Å². The molecular formula is C8H14O4. The Morgan fingerprint density at radius 2 is 1.42 bits per heavy atom. The molecule has 0 aliphatic rings. The summed E-state index contributed by atoms with van der Waals surface area (Å²) in [7, 11) is 0. The molecular weight excluding hydrogens is 160 g/mol. The lowest BCUT2D eigenvalue weighted by atomic mass is 9.85. The van der Waals surface area contributed by atoms with E-state index < -0.39 is 23.8 Å². The van der Waals surface area contributed by atoms with Gasteiger partial charge in [0.1, 0.15) is 0 Å². The lowest BCUT2D eigenvalue weighted by Crippen LogP contribution is -2.31. The van der Waals surface area contributed by atoms with Crippen LogP contribution in [-0.2, 0) is 9.59 Å². The Hall–Kier alpha value is -1.06. The standard InChI is InChI=1S/C8H14O4/c1-4(2)6(8(11)12)5(3)7(9)10/h4-6H,1-3H3,(H,9,10)(H,11,12)/t5-,6+/m0/s1. The van der Waals surface area contributed by atoms with Crippen LogP contribution in [0.15, 0.2) is 0 Å². The zero-order chi connectivity index (χ0) is 9.89. The highest BCUT2D eigenvalue weighted by atomic mass is 16.4. The van der Waals surface area contributed by atoms with E-state index in [4.69, 9.17) is 10.2 Å². The van der Waals surface area contributed by atoms with Gasteiger partial charge in [-0.2, -0.15) is 0 Å². The molecule has 0 aromatic carbocycles. The average molecular weight is 174 g/mol. The first-order valence-corrected chi connectivity index (χ1v) is 3.83. The predicted octanol–water partition coefficient (Wildman–Crippen LogP) is 1.06. The van der Waals surface area contributed by atoms with Crippen LogP contribution in [0.4, 0.5) is 0 Å². The maximum Gasteiger partial charge on any atom is 0.307 e. The third kappa shape index (κ3) is 2.53. The predicted molar refractivity (Wildman–Crippen MR) is 42.8 cm³/mol. The Morgan fingerprint density at radius 3 is 1.50 bits per heavy atom. The van der Waals surface area contributed by atoms with Crippen molar-refractivity contribution in [3.8, 4) is 0 Å². The molecule has 0 bridgehead atoms. The van der Waals surface area contributed by atoms with Gasteiger partial charge < -0.3 is 10.2 Å². The molecule has 70 valence electrons. The van der Waals surface area contributed by atoms with Gasteiger partial charge in [-0.1, -0.05) is 20.8 Å². The van der Waals surface area contributed by atoms with Gasteiger partial charge >= 0.3 is 11.9 Å². The Balaban J connectivity index is 4.51. The largest absolute Gasteiger partial charge is 0.481 e. The first kappa shape index (κ1) is 10.9. The van der Waals surface area contributed by atoms with Gasteiger partial charge in [0, 0.05) is 0 Å². The van der Waals surface area contributed by atoms with E-state index in [0.717, 1.165) is 0 Å². The molecule has 0 spiro atoms. The van der Waals surface area contributed by atoms with E-state index in [9.17, 15) is 9.59 Å². The van der Waals surface area contributed by atoms with Gasteiger partial charge in [-0.3, -0.25) is 9.59 Å². The molecule has 4 heteroatoms. The highest BCUT2D eigenvalue weighted by Gasteiger charge is 2.32. The Morgan fingerprint density at radius 1 is 1.00 bits per heavy atom. The van der Waals surface area contributed by atoms with Crippen molar-refractivity contribution in [3.05, 3.63) is 0 Å². The van der Waals surface area contributed by atoms with Crippen molar-refractivity contribution in [1.82, 2.24) is 0 Å². The fourth-order valence-corrected chi connectivity index (χ4v) is 1.23. The van der Waals surface area contributed by atoms with Crippen molar-refractivity contribution >= 4 is 11.9 Å². The minimum absolute atomic E-state index is 0.159. The maximum absolute atomic E-state index is 10.6. The van der Waals surface area contributed by atoms with Gasteiger partial charge in [0.2, 0.25) is 0 Å². The van der Waals surface area contributed by atoms with Crippen molar-refractivity contribution in [2.45, 2.75) is 20.8 Å². The van der Waals surface area contributed by atoms with Crippen LogP contribution in [-0.4, -0.2) is 22.2 Å². The molecule has 0 aliphatic carbocycles. The molecule has 0 fully saturated rings. The van der Waals surface area contributed by atoms with Crippen molar-refractivity contribution < 1.29 is 19.8 Å². The van der Waals surface area contributed by atoms with Gasteiger partial charge in [-0.15, -0.1) is 0 Å². The third-order valence-electron chi connectivity index (χ3n) is 1.93. The first-order chi connectivity index (χ1) is 5.37. The Kier molecular flexibility index (Phi) is 3.73. The van der Waals surface area contributed by atoms with Gasteiger partial charge in [0.25, 0.3) is 0 Å². The van der Waals surface area contributed by atoms with Gasteiger partial charge in [0.05, 0.1) is 11.8 Å². The van der Waals surface area contributed by atoms with E-state index in [-0.39, 0.29) is 5.92 Å².